The molecule has 0 aliphatic heterocycles. The van der Waals surface area contributed by atoms with E-state index in [-0.39, 0.29) is 18.2 Å². The third-order valence-electron chi connectivity index (χ3n) is 4.25. The smallest absolute Gasteiger partial charge is 0.269 e. The highest BCUT2D eigenvalue weighted by molar-refractivity contribution is 5.92. The number of ether oxygens (including phenoxy) is 1. The number of hydrogen-bond donors (Lipinski definition) is 1. The summed E-state index contributed by atoms with van der Waals surface area (Å²) in [6.07, 6.45) is 5.80. The summed E-state index contributed by atoms with van der Waals surface area (Å²) in [6, 6.07) is 6.10. The van der Waals surface area contributed by atoms with Crippen molar-refractivity contribution < 1.29 is 14.5 Å². The molecule has 7 nitrogen and oxygen atoms in total. The second-order valence-electron chi connectivity index (χ2n) is 6.03. The number of amides is 1. The van der Waals surface area contributed by atoms with Gasteiger partial charge in [0.2, 0.25) is 0 Å². The van der Waals surface area contributed by atoms with Crippen LogP contribution in [0.25, 0.3) is 0 Å². The summed E-state index contributed by atoms with van der Waals surface area (Å²) >= 11 is 0. The number of nitrogens with one attached hydrogen (secondary N) is 1. The summed E-state index contributed by atoms with van der Waals surface area (Å²) in [5.41, 5.74) is 3.30. The van der Waals surface area contributed by atoms with Gasteiger partial charge < -0.3 is 10.1 Å². The molecule has 0 saturated heterocycles. The minimum atomic E-state index is -0.464. The fourth-order valence-corrected chi connectivity index (χ4v) is 2.96. The molecule has 1 N–H and O–H groups in total. The minimum absolute atomic E-state index is 0.00448. The summed E-state index contributed by atoms with van der Waals surface area (Å²) in [5, 5.41) is 13.5. The van der Waals surface area contributed by atoms with Gasteiger partial charge in [0.1, 0.15) is 5.75 Å². The zero-order valence-corrected chi connectivity index (χ0v) is 13.9. The number of nitro benzene ring substituents is 1. The second-order valence-corrected chi connectivity index (χ2v) is 6.03. The topological polar surface area (TPSA) is 94.4 Å². The third-order valence-corrected chi connectivity index (χ3v) is 4.25. The van der Waals surface area contributed by atoms with Crippen molar-refractivity contribution in [3.8, 4) is 5.75 Å². The number of hydrogen-bond acceptors (Lipinski definition) is 5. The lowest BCUT2D eigenvalue weighted by Crippen LogP contribution is -2.21. The van der Waals surface area contributed by atoms with Gasteiger partial charge in [-0.3, -0.25) is 19.9 Å². The van der Waals surface area contributed by atoms with Crippen LogP contribution in [0.15, 0.2) is 30.5 Å². The van der Waals surface area contributed by atoms with E-state index in [2.05, 4.69) is 10.3 Å². The highest BCUT2D eigenvalue weighted by atomic mass is 16.6. The number of carbonyl (C=O) groups excluding carboxylic acids is 1. The number of pyridine rings is 1. The first-order chi connectivity index (χ1) is 12.0. The van der Waals surface area contributed by atoms with Crippen LogP contribution in [0, 0.1) is 17.0 Å². The maximum absolute atomic E-state index is 12.1. The zero-order valence-electron chi connectivity index (χ0n) is 13.9. The Morgan fingerprint density at radius 3 is 2.88 bits per heavy atom. The SMILES string of the molecule is Cc1cc([N+](=O)[O-])ccc1NC(=O)COc1ccnc2c1CCCC2. The molecule has 0 atom stereocenters. The van der Waals surface area contributed by atoms with Gasteiger partial charge in [-0.15, -0.1) is 0 Å². The Morgan fingerprint density at radius 2 is 2.12 bits per heavy atom. The van der Waals surface area contributed by atoms with Gasteiger partial charge >= 0.3 is 0 Å². The van der Waals surface area contributed by atoms with E-state index in [4.69, 9.17) is 4.74 Å². The first kappa shape index (κ1) is 16.9. The minimum Gasteiger partial charge on any atom is -0.483 e. The van der Waals surface area contributed by atoms with Crippen molar-refractivity contribution in [3.63, 3.8) is 0 Å². The van der Waals surface area contributed by atoms with Crippen LogP contribution in [0.2, 0.25) is 0 Å². The molecule has 1 aromatic heterocycles. The summed E-state index contributed by atoms with van der Waals surface area (Å²) in [5.74, 6) is 0.401. The molecule has 7 heteroatoms. The predicted molar refractivity (Wildman–Crippen MR) is 92.8 cm³/mol. The van der Waals surface area contributed by atoms with Gasteiger partial charge in [0, 0.05) is 35.3 Å². The van der Waals surface area contributed by atoms with Crippen LogP contribution >= 0.6 is 0 Å². The Morgan fingerprint density at radius 1 is 1.32 bits per heavy atom. The first-order valence-corrected chi connectivity index (χ1v) is 8.19. The Bertz CT molecular complexity index is 820. The van der Waals surface area contributed by atoms with E-state index < -0.39 is 4.92 Å². The average molecular weight is 341 g/mol. The standard InChI is InChI=1S/C18H19N3O4/c1-12-10-13(21(23)24)6-7-15(12)20-18(22)11-25-17-8-9-19-16-5-3-2-4-14(16)17/h6-10H,2-5,11H2,1H3,(H,20,22). The number of benzene rings is 1. The van der Waals surface area contributed by atoms with Gasteiger partial charge in [-0.2, -0.15) is 0 Å². The van der Waals surface area contributed by atoms with E-state index >= 15 is 0 Å². The van der Waals surface area contributed by atoms with Gasteiger partial charge in [0.05, 0.1) is 4.92 Å². The van der Waals surface area contributed by atoms with E-state index in [0.29, 0.717) is 17.0 Å². The monoisotopic (exact) mass is 341 g/mol. The number of rotatable bonds is 5. The van der Waals surface area contributed by atoms with E-state index in [1.807, 2.05) is 0 Å². The van der Waals surface area contributed by atoms with Crippen LogP contribution < -0.4 is 10.1 Å². The Balaban J connectivity index is 1.63. The number of aryl methyl sites for hydroxylation is 2. The second kappa shape index (κ2) is 7.29. The number of anilines is 1. The van der Waals surface area contributed by atoms with Gasteiger partial charge in [0.15, 0.2) is 6.61 Å². The van der Waals surface area contributed by atoms with Gasteiger partial charge in [-0.05, 0) is 50.3 Å². The number of aromatic nitrogens is 1. The molecule has 25 heavy (non-hydrogen) atoms. The Labute approximate surface area is 145 Å². The maximum Gasteiger partial charge on any atom is 0.269 e. The quantitative estimate of drug-likeness (QED) is 0.666. The summed E-state index contributed by atoms with van der Waals surface area (Å²) < 4.78 is 5.68. The van der Waals surface area contributed by atoms with Crippen molar-refractivity contribution in [2.75, 3.05) is 11.9 Å². The van der Waals surface area contributed by atoms with Crippen molar-refractivity contribution in [2.45, 2.75) is 32.6 Å². The molecule has 0 fully saturated rings. The van der Waals surface area contributed by atoms with Crippen molar-refractivity contribution in [1.82, 2.24) is 4.98 Å². The largest absolute Gasteiger partial charge is 0.483 e. The molecule has 0 unspecified atom stereocenters. The van der Waals surface area contributed by atoms with E-state index in [1.165, 1.54) is 18.2 Å². The molecular formula is C18H19N3O4. The van der Waals surface area contributed by atoms with Crippen molar-refractivity contribution >= 4 is 17.3 Å². The summed E-state index contributed by atoms with van der Waals surface area (Å²) in [4.78, 5) is 26.8. The van der Waals surface area contributed by atoms with Crippen LogP contribution in [-0.2, 0) is 17.6 Å². The van der Waals surface area contributed by atoms with Gasteiger partial charge in [-0.25, -0.2) is 0 Å². The molecule has 0 radical (unpaired) electrons. The number of nitrogens with zero attached hydrogens (tertiary/aromatic N) is 2. The lowest BCUT2D eigenvalue weighted by atomic mass is 9.95. The number of nitro groups is 1. The molecule has 0 saturated carbocycles. The van der Waals surface area contributed by atoms with Gasteiger partial charge in [0.25, 0.3) is 11.6 Å². The molecule has 1 aliphatic rings. The van der Waals surface area contributed by atoms with Gasteiger partial charge in [-0.1, -0.05) is 0 Å². The number of carbonyl (C=O) groups is 1. The molecule has 1 aromatic carbocycles. The Hall–Kier alpha value is -2.96. The maximum atomic E-state index is 12.1. The zero-order chi connectivity index (χ0) is 17.8. The highest BCUT2D eigenvalue weighted by Crippen LogP contribution is 2.28. The fourth-order valence-electron chi connectivity index (χ4n) is 2.96. The fraction of sp³-hybridized carbons (Fsp3) is 0.333. The van der Waals surface area contributed by atoms with E-state index in [0.717, 1.165) is 36.9 Å². The molecule has 1 heterocycles. The lowest BCUT2D eigenvalue weighted by molar-refractivity contribution is -0.384. The first-order valence-electron chi connectivity index (χ1n) is 8.19. The predicted octanol–water partition coefficient (Wildman–Crippen LogP) is 3.19. The van der Waals surface area contributed by atoms with Crippen LogP contribution in [-0.4, -0.2) is 22.4 Å². The third kappa shape index (κ3) is 3.93. The lowest BCUT2D eigenvalue weighted by Gasteiger charge is -2.18. The molecule has 0 spiro atoms. The average Bonchev–Trinajstić information content (AvgIpc) is 2.61. The number of fused-ring (bicyclic) bond motifs is 1. The van der Waals surface area contributed by atoms with E-state index in [1.54, 1.807) is 19.2 Å². The molecule has 3 rings (SSSR count). The molecule has 1 aliphatic carbocycles. The van der Waals surface area contributed by atoms with Crippen LogP contribution in [0.3, 0.4) is 0 Å². The normalized spacial score (nSPS) is 13.0. The van der Waals surface area contributed by atoms with E-state index in [9.17, 15) is 14.9 Å². The molecule has 130 valence electrons. The Kier molecular flexibility index (Phi) is 4.92. The van der Waals surface area contributed by atoms with Crippen LogP contribution in [0.4, 0.5) is 11.4 Å². The highest BCUT2D eigenvalue weighted by Gasteiger charge is 2.16. The molecule has 2 aromatic rings. The molecule has 1 amide bonds. The van der Waals surface area contributed by atoms with Crippen molar-refractivity contribution in [3.05, 3.63) is 57.4 Å². The molecular weight excluding hydrogens is 322 g/mol. The summed E-state index contributed by atoms with van der Waals surface area (Å²) in [7, 11) is 0. The van der Waals surface area contributed by atoms with Crippen molar-refractivity contribution in [1.29, 1.82) is 0 Å². The molecule has 0 bridgehead atoms. The van der Waals surface area contributed by atoms with Crippen molar-refractivity contribution in [2.24, 2.45) is 0 Å². The van der Waals surface area contributed by atoms with Crippen LogP contribution in [0.1, 0.15) is 29.7 Å². The number of non-ortho nitro benzene ring substituents is 1. The van der Waals surface area contributed by atoms with Crippen LogP contribution in [0.5, 0.6) is 5.75 Å². The summed E-state index contributed by atoms with van der Waals surface area (Å²) in [6.45, 7) is 1.59.